The number of aromatic nitrogens is 1. The van der Waals surface area contributed by atoms with Gasteiger partial charge in [-0.25, -0.2) is 4.98 Å². The zero-order valence-corrected chi connectivity index (χ0v) is 14.5. The van der Waals surface area contributed by atoms with Gasteiger partial charge < -0.3 is 10.2 Å². The van der Waals surface area contributed by atoms with Crippen molar-refractivity contribution in [1.29, 1.82) is 0 Å². The van der Waals surface area contributed by atoms with Crippen molar-refractivity contribution in [2.24, 2.45) is 5.92 Å². The number of pyridine rings is 1. The number of fused-ring (bicyclic) bond motifs is 1. The molecule has 1 amide bonds. The maximum atomic E-state index is 12.8. The second-order valence-electron chi connectivity index (χ2n) is 6.73. The van der Waals surface area contributed by atoms with Crippen LogP contribution in [0, 0.1) is 5.92 Å². The van der Waals surface area contributed by atoms with Crippen LogP contribution in [0.3, 0.4) is 0 Å². The quantitative estimate of drug-likeness (QED) is 0.900. The third-order valence-electron chi connectivity index (χ3n) is 4.39. The topological polar surface area (TPSA) is 45.2 Å². The summed E-state index contributed by atoms with van der Waals surface area (Å²) in [5.41, 5.74) is 3.73. The molecular weight excluding hydrogens is 298 g/mol. The number of anilines is 2. The number of hydrogen-bond donors (Lipinski definition) is 1. The first-order valence-corrected chi connectivity index (χ1v) is 8.75. The highest BCUT2D eigenvalue weighted by atomic mass is 16.2. The Balaban J connectivity index is 1.70. The lowest BCUT2D eigenvalue weighted by atomic mass is 10.0. The lowest BCUT2D eigenvalue weighted by Crippen LogP contribution is -2.35. The Bertz CT molecular complexity index is 694. The van der Waals surface area contributed by atoms with E-state index in [9.17, 15) is 4.79 Å². The van der Waals surface area contributed by atoms with Crippen molar-refractivity contribution in [3.8, 4) is 0 Å². The van der Waals surface area contributed by atoms with Crippen molar-refractivity contribution in [2.75, 3.05) is 23.3 Å². The van der Waals surface area contributed by atoms with Gasteiger partial charge in [-0.05, 0) is 48.9 Å². The molecule has 0 radical (unpaired) electrons. The number of aryl methyl sites for hydroxylation is 1. The van der Waals surface area contributed by atoms with E-state index in [0.29, 0.717) is 11.6 Å². The van der Waals surface area contributed by atoms with Gasteiger partial charge in [0.15, 0.2) is 0 Å². The SMILES string of the molecule is CC(C)CCNc1ccc(C(=O)N2CCCc3ccccc32)nc1. The number of hydrogen-bond acceptors (Lipinski definition) is 3. The molecule has 0 unspecified atom stereocenters. The predicted octanol–water partition coefficient (Wildman–Crippen LogP) is 4.13. The Kier molecular flexibility index (Phi) is 5.14. The van der Waals surface area contributed by atoms with Crippen molar-refractivity contribution in [3.05, 3.63) is 53.9 Å². The van der Waals surface area contributed by atoms with Gasteiger partial charge in [0.25, 0.3) is 5.91 Å². The Morgan fingerprint density at radius 2 is 2.08 bits per heavy atom. The fraction of sp³-hybridized carbons (Fsp3) is 0.400. The molecule has 2 heterocycles. The molecule has 4 nitrogen and oxygen atoms in total. The van der Waals surface area contributed by atoms with E-state index in [1.165, 1.54) is 5.56 Å². The van der Waals surface area contributed by atoms with Crippen molar-refractivity contribution >= 4 is 17.3 Å². The highest BCUT2D eigenvalue weighted by molar-refractivity contribution is 6.05. The fourth-order valence-electron chi connectivity index (χ4n) is 3.01. The molecule has 126 valence electrons. The van der Waals surface area contributed by atoms with Gasteiger partial charge in [0.05, 0.1) is 11.9 Å². The van der Waals surface area contributed by atoms with Crippen LogP contribution in [0.2, 0.25) is 0 Å². The summed E-state index contributed by atoms with van der Waals surface area (Å²) in [5, 5.41) is 3.35. The van der Waals surface area contributed by atoms with E-state index in [1.807, 2.05) is 35.2 Å². The van der Waals surface area contributed by atoms with E-state index >= 15 is 0 Å². The van der Waals surface area contributed by atoms with Gasteiger partial charge >= 0.3 is 0 Å². The van der Waals surface area contributed by atoms with E-state index in [-0.39, 0.29) is 5.91 Å². The third-order valence-corrected chi connectivity index (χ3v) is 4.39. The molecule has 1 aromatic heterocycles. The molecule has 0 aliphatic carbocycles. The molecular formula is C20H25N3O. The maximum absolute atomic E-state index is 12.8. The van der Waals surface area contributed by atoms with Gasteiger partial charge in [0, 0.05) is 18.8 Å². The van der Waals surface area contributed by atoms with Crippen LogP contribution in [0.4, 0.5) is 11.4 Å². The molecule has 1 aliphatic rings. The number of carbonyl (C=O) groups is 1. The van der Waals surface area contributed by atoms with E-state index in [2.05, 4.69) is 30.2 Å². The molecule has 0 atom stereocenters. The summed E-state index contributed by atoms with van der Waals surface area (Å²) >= 11 is 0. The molecule has 1 aromatic carbocycles. The van der Waals surface area contributed by atoms with Crippen LogP contribution in [0.5, 0.6) is 0 Å². The molecule has 0 fully saturated rings. The molecule has 1 aliphatic heterocycles. The lowest BCUT2D eigenvalue weighted by Gasteiger charge is -2.29. The maximum Gasteiger partial charge on any atom is 0.276 e. The van der Waals surface area contributed by atoms with Gasteiger partial charge in [-0.15, -0.1) is 0 Å². The number of rotatable bonds is 5. The molecule has 0 saturated heterocycles. The average Bonchev–Trinajstić information content (AvgIpc) is 2.61. The number of amides is 1. The minimum Gasteiger partial charge on any atom is -0.384 e. The van der Waals surface area contributed by atoms with Gasteiger partial charge in [-0.2, -0.15) is 0 Å². The lowest BCUT2D eigenvalue weighted by molar-refractivity contribution is 0.0980. The van der Waals surface area contributed by atoms with Crippen molar-refractivity contribution in [3.63, 3.8) is 0 Å². The zero-order valence-electron chi connectivity index (χ0n) is 14.5. The first-order valence-electron chi connectivity index (χ1n) is 8.75. The number of benzene rings is 1. The first-order chi connectivity index (χ1) is 11.6. The number of carbonyl (C=O) groups excluding carboxylic acids is 1. The summed E-state index contributed by atoms with van der Waals surface area (Å²) in [7, 11) is 0. The molecule has 2 aromatic rings. The third kappa shape index (κ3) is 3.75. The Hall–Kier alpha value is -2.36. The number of nitrogens with zero attached hydrogens (tertiary/aromatic N) is 2. The Morgan fingerprint density at radius 1 is 1.25 bits per heavy atom. The largest absolute Gasteiger partial charge is 0.384 e. The van der Waals surface area contributed by atoms with Gasteiger partial charge in [-0.1, -0.05) is 32.0 Å². The fourth-order valence-corrected chi connectivity index (χ4v) is 3.01. The number of para-hydroxylation sites is 1. The van der Waals surface area contributed by atoms with Crippen molar-refractivity contribution in [1.82, 2.24) is 4.98 Å². The summed E-state index contributed by atoms with van der Waals surface area (Å²) in [6.07, 6.45) is 4.90. The standard InChI is InChI=1S/C20H25N3O/c1-15(2)11-12-21-17-9-10-18(22-14-17)20(24)23-13-5-7-16-6-3-4-8-19(16)23/h3-4,6,8-10,14-15,21H,5,7,11-13H2,1-2H3. The van der Waals surface area contributed by atoms with Crippen molar-refractivity contribution < 1.29 is 4.79 Å². The second-order valence-corrected chi connectivity index (χ2v) is 6.73. The highest BCUT2D eigenvalue weighted by Gasteiger charge is 2.23. The van der Waals surface area contributed by atoms with Crippen LogP contribution in [-0.2, 0) is 6.42 Å². The molecule has 0 saturated carbocycles. The molecule has 1 N–H and O–H groups in total. The van der Waals surface area contributed by atoms with E-state index in [0.717, 1.165) is 43.7 Å². The zero-order chi connectivity index (χ0) is 16.9. The molecule has 3 rings (SSSR count). The predicted molar refractivity (Wildman–Crippen MR) is 98.6 cm³/mol. The molecule has 0 spiro atoms. The highest BCUT2D eigenvalue weighted by Crippen LogP contribution is 2.27. The molecule has 24 heavy (non-hydrogen) atoms. The van der Waals surface area contributed by atoms with E-state index in [4.69, 9.17) is 0 Å². The van der Waals surface area contributed by atoms with Crippen LogP contribution >= 0.6 is 0 Å². The summed E-state index contributed by atoms with van der Waals surface area (Å²) in [6, 6.07) is 11.9. The molecule has 4 heteroatoms. The summed E-state index contributed by atoms with van der Waals surface area (Å²) in [5.74, 6) is 0.654. The smallest absolute Gasteiger partial charge is 0.276 e. The number of nitrogens with one attached hydrogen (secondary N) is 1. The first kappa shape index (κ1) is 16.5. The van der Waals surface area contributed by atoms with E-state index in [1.54, 1.807) is 6.20 Å². The summed E-state index contributed by atoms with van der Waals surface area (Å²) in [4.78, 5) is 19.0. The Labute approximate surface area is 143 Å². The Morgan fingerprint density at radius 3 is 2.83 bits per heavy atom. The normalized spacial score (nSPS) is 13.7. The monoisotopic (exact) mass is 323 g/mol. The van der Waals surface area contributed by atoms with Crippen LogP contribution in [0.15, 0.2) is 42.6 Å². The minimum absolute atomic E-state index is 0.0177. The van der Waals surface area contributed by atoms with Crippen molar-refractivity contribution in [2.45, 2.75) is 33.1 Å². The van der Waals surface area contributed by atoms with Gasteiger partial charge in [-0.3, -0.25) is 4.79 Å². The minimum atomic E-state index is -0.0177. The van der Waals surface area contributed by atoms with Gasteiger partial charge in [0.2, 0.25) is 0 Å². The van der Waals surface area contributed by atoms with Crippen LogP contribution < -0.4 is 10.2 Å². The second kappa shape index (κ2) is 7.47. The summed E-state index contributed by atoms with van der Waals surface area (Å²) < 4.78 is 0. The van der Waals surface area contributed by atoms with Crippen LogP contribution in [-0.4, -0.2) is 24.0 Å². The molecule has 0 bridgehead atoms. The van der Waals surface area contributed by atoms with Crippen LogP contribution in [0.25, 0.3) is 0 Å². The summed E-state index contributed by atoms with van der Waals surface area (Å²) in [6.45, 7) is 6.09. The average molecular weight is 323 g/mol. The van der Waals surface area contributed by atoms with Crippen LogP contribution in [0.1, 0.15) is 42.7 Å². The van der Waals surface area contributed by atoms with E-state index < -0.39 is 0 Å². The van der Waals surface area contributed by atoms with Gasteiger partial charge in [0.1, 0.15) is 5.69 Å².